The Morgan fingerprint density at radius 2 is 0.525 bits per heavy atom. The van der Waals surface area contributed by atoms with Crippen molar-refractivity contribution in [2.45, 2.75) is 246 Å². The second-order valence-corrected chi connectivity index (χ2v) is 14.8. The summed E-state index contributed by atoms with van der Waals surface area (Å²) in [5.41, 5.74) is 0.620. The molecule has 0 aliphatic rings. The Hall–Kier alpha value is -0.0400. The molecule has 0 amide bonds. The normalized spacial score (nSPS) is 12.6. The van der Waals surface area contributed by atoms with Gasteiger partial charge < -0.3 is 0 Å². The Kier molecular flexibility index (Phi) is 27.7. The lowest BCUT2D eigenvalue weighted by atomic mass is 9.85. The number of hydrogen-bond donors (Lipinski definition) is 0. The van der Waals surface area contributed by atoms with E-state index in [0.717, 1.165) is 0 Å². The minimum atomic E-state index is 0.310. The monoisotopic (exact) mass is 564 g/mol. The lowest BCUT2D eigenvalue weighted by Gasteiger charge is -2.49. The van der Waals surface area contributed by atoms with Gasteiger partial charge in [-0.3, -0.25) is 4.90 Å². The average molecular weight is 564 g/mol. The number of rotatable bonds is 32. The third kappa shape index (κ3) is 23.5. The summed E-state index contributed by atoms with van der Waals surface area (Å²) in [5, 5.41) is 0. The van der Waals surface area contributed by atoms with Gasteiger partial charge in [0.15, 0.2) is 0 Å². The van der Waals surface area contributed by atoms with E-state index in [2.05, 4.69) is 53.4 Å². The highest BCUT2D eigenvalue weighted by Crippen LogP contribution is 2.34. The largest absolute Gasteiger partial charge is 0.293 e. The van der Waals surface area contributed by atoms with E-state index in [1.807, 2.05) is 0 Å². The lowest BCUT2D eigenvalue weighted by molar-refractivity contribution is 0.00151. The smallest absolute Gasteiger partial charge is 0.0158 e. The van der Waals surface area contributed by atoms with E-state index in [1.165, 1.54) is 193 Å². The molecule has 1 heteroatoms. The van der Waals surface area contributed by atoms with Crippen LogP contribution in [0.25, 0.3) is 0 Å². The van der Waals surface area contributed by atoms with Crippen LogP contribution in [-0.4, -0.2) is 22.5 Å². The van der Waals surface area contributed by atoms with Crippen molar-refractivity contribution in [2.75, 3.05) is 6.54 Å². The van der Waals surface area contributed by atoms with Gasteiger partial charge in [0.25, 0.3) is 0 Å². The molecule has 0 bridgehead atoms. The van der Waals surface area contributed by atoms with Crippen molar-refractivity contribution in [3.63, 3.8) is 0 Å². The molecule has 0 atom stereocenters. The summed E-state index contributed by atoms with van der Waals surface area (Å²) >= 11 is 0. The fraction of sp³-hybridized carbons (Fsp3) is 1.00. The van der Waals surface area contributed by atoms with Crippen molar-refractivity contribution in [3.05, 3.63) is 0 Å². The van der Waals surface area contributed by atoms with E-state index in [9.17, 15) is 0 Å². The van der Waals surface area contributed by atoms with Crippen LogP contribution in [0.5, 0.6) is 0 Å². The van der Waals surface area contributed by atoms with Gasteiger partial charge in [-0.15, -0.1) is 0 Å². The maximum absolute atomic E-state index is 2.97. The molecule has 40 heavy (non-hydrogen) atoms. The van der Waals surface area contributed by atoms with E-state index < -0.39 is 0 Å². The molecule has 0 aliphatic heterocycles. The maximum Gasteiger partial charge on any atom is 0.0158 e. The summed E-state index contributed by atoms with van der Waals surface area (Å²) in [4.78, 5) is 2.97. The SMILES string of the molecule is CCCCCCCCCCCCC(C)(C)N(CCCCCCCCC)C(C)(C)CCCCCCCCCCCC. The van der Waals surface area contributed by atoms with E-state index in [-0.39, 0.29) is 0 Å². The van der Waals surface area contributed by atoms with Crippen molar-refractivity contribution < 1.29 is 0 Å². The van der Waals surface area contributed by atoms with Crippen molar-refractivity contribution in [3.8, 4) is 0 Å². The molecule has 0 unspecified atom stereocenters. The molecule has 0 aromatic rings. The topological polar surface area (TPSA) is 3.24 Å². The van der Waals surface area contributed by atoms with Crippen molar-refractivity contribution >= 4 is 0 Å². The van der Waals surface area contributed by atoms with Crippen LogP contribution in [0.1, 0.15) is 235 Å². The molecule has 242 valence electrons. The van der Waals surface area contributed by atoms with Crippen LogP contribution in [0.3, 0.4) is 0 Å². The van der Waals surface area contributed by atoms with Crippen LogP contribution >= 0.6 is 0 Å². The van der Waals surface area contributed by atoms with Gasteiger partial charge in [0.2, 0.25) is 0 Å². The molecule has 0 saturated heterocycles. The van der Waals surface area contributed by atoms with Crippen LogP contribution in [-0.2, 0) is 0 Å². The molecular weight excluding hydrogens is 482 g/mol. The quantitative estimate of drug-likeness (QED) is 0.0735. The summed E-state index contributed by atoms with van der Waals surface area (Å²) < 4.78 is 0. The lowest BCUT2D eigenvalue weighted by Crippen LogP contribution is -2.55. The molecule has 0 aromatic carbocycles. The zero-order valence-corrected chi connectivity index (χ0v) is 29.7. The predicted octanol–water partition coefficient (Wildman–Crippen LogP) is 14.2. The molecule has 0 N–H and O–H groups in total. The zero-order chi connectivity index (χ0) is 29.8. The molecule has 1 nitrogen and oxygen atoms in total. The van der Waals surface area contributed by atoms with Crippen LogP contribution in [0.15, 0.2) is 0 Å². The molecule has 0 radical (unpaired) electrons. The predicted molar refractivity (Wildman–Crippen MR) is 186 cm³/mol. The Balaban J connectivity index is 4.55. The molecule has 0 heterocycles. The molecule has 0 aliphatic carbocycles. The maximum atomic E-state index is 2.97. The minimum Gasteiger partial charge on any atom is -0.293 e. The molecule has 0 saturated carbocycles. The fourth-order valence-corrected chi connectivity index (χ4v) is 7.01. The molecule has 0 spiro atoms. The first kappa shape index (κ1) is 40.0. The third-order valence-corrected chi connectivity index (χ3v) is 9.73. The van der Waals surface area contributed by atoms with Gasteiger partial charge >= 0.3 is 0 Å². The van der Waals surface area contributed by atoms with Gasteiger partial charge in [0.1, 0.15) is 0 Å². The van der Waals surface area contributed by atoms with Crippen LogP contribution < -0.4 is 0 Å². The second-order valence-electron chi connectivity index (χ2n) is 14.8. The van der Waals surface area contributed by atoms with E-state index in [4.69, 9.17) is 0 Å². The first-order valence-electron chi connectivity index (χ1n) is 19.1. The highest BCUT2D eigenvalue weighted by molar-refractivity contribution is 4.92. The van der Waals surface area contributed by atoms with Crippen LogP contribution in [0.2, 0.25) is 0 Å². The van der Waals surface area contributed by atoms with Crippen molar-refractivity contribution in [1.82, 2.24) is 4.90 Å². The summed E-state index contributed by atoms with van der Waals surface area (Å²) in [6.45, 7) is 18.5. The summed E-state index contributed by atoms with van der Waals surface area (Å²) in [6.07, 6.45) is 41.4. The van der Waals surface area contributed by atoms with E-state index in [1.54, 1.807) is 0 Å². The Morgan fingerprint density at radius 3 is 0.800 bits per heavy atom. The van der Waals surface area contributed by atoms with Gasteiger partial charge in [0.05, 0.1) is 0 Å². The van der Waals surface area contributed by atoms with Crippen LogP contribution in [0, 0.1) is 0 Å². The zero-order valence-electron chi connectivity index (χ0n) is 29.7. The highest BCUT2D eigenvalue weighted by atomic mass is 15.2. The first-order chi connectivity index (χ1) is 19.3. The molecule has 0 aromatic heterocycles. The van der Waals surface area contributed by atoms with Gasteiger partial charge in [0, 0.05) is 11.1 Å². The average Bonchev–Trinajstić information content (AvgIpc) is 2.92. The number of hydrogen-bond acceptors (Lipinski definition) is 1. The molecule has 0 fully saturated rings. The standard InChI is InChI=1S/C39H81N/c1-8-11-14-17-20-22-24-26-29-32-35-38(4,5)40(37-34-31-28-19-16-13-10-3)39(6,7)36-33-30-27-25-23-21-18-15-12-9-2/h8-37H2,1-7H3. The van der Waals surface area contributed by atoms with Crippen molar-refractivity contribution in [2.24, 2.45) is 0 Å². The fourth-order valence-electron chi connectivity index (χ4n) is 7.01. The Bertz CT molecular complexity index is 457. The van der Waals surface area contributed by atoms with E-state index >= 15 is 0 Å². The number of unbranched alkanes of at least 4 members (excludes halogenated alkanes) is 24. The van der Waals surface area contributed by atoms with Gasteiger partial charge in [-0.1, -0.05) is 188 Å². The third-order valence-electron chi connectivity index (χ3n) is 9.73. The Morgan fingerprint density at radius 1 is 0.300 bits per heavy atom. The summed E-state index contributed by atoms with van der Waals surface area (Å²) in [5.74, 6) is 0. The minimum absolute atomic E-state index is 0.310. The summed E-state index contributed by atoms with van der Waals surface area (Å²) in [7, 11) is 0. The van der Waals surface area contributed by atoms with Crippen LogP contribution in [0.4, 0.5) is 0 Å². The number of nitrogens with zero attached hydrogens (tertiary/aromatic N) is 1. The van der Waals surface area contributed by atoms with Crippen molar-refractivity contribution in [1.29, 1.82) is 0 Å². The first-order valence-corrected chi connectivity index (χ1v) is 19.1. The van der Waals surface area contributed by atoms with Gasteiger partial charge in [-0.25, -0.2) is 0 Å². The van der Waals surface area contributed by atoms with Gasteiger partial charge in [-0.05, 0) is 53.5 Å². The Labute approximate surface area is 256 Å². The van der Waals surface area contributed by atoms with Gasteiger partial charge in [-0.2, -0.15) is 0 Å². The highest BCUT2D eigenvalue weighted by Gasteiger charge is 2.36. The second kappa shape index (κ2) is 27.8. The molecule has 0 rings (SSSR count). The van der Waals surface area contributed by atoms with E-state index in [0.29, 0.717) is 11.1 Å². The molecular formula is C39H81N. The summed E-state index contributed by atoms with van der Waals surface area (Å²) in [6, 6.07) is 0.